The molecule has 6 heteroatoms. The second-order valence-corrected chi connectivity index (χ2v) is 2.73. The van der Waals surface area contributed by atoms with Crippen LogP contribution in [0.4, 0.5) is 16.2 Å². The standard InChI is InChI=1S/C7H6IN3O2/c8-10-7(12)9-5-2-1-3-6(4-5)11-13/h1-4H,(H2,9,10,12). The molecule has 0 aliphatic carbocycles. The van der Waals surface area contributed by atoms with Gasteiger partial charge < -0.3 is 5.32 Å². The van der Waals surface area contributed by atoms with E-state index in [2.05, 4.69) is 14.0 Å². The molecule has 0 aromatic heterocycles. The van der Waals surface area contributed by atoms with Gasteiger partial charge in [0.2, 0.25) is 0 Å². The zero-order valence-corrected chi connectivity index (χ0v) is 8.61. The molecule has 2 N–H and O–H groups in total. The number of carbonyl (C=O) groups is 1. The molecule has 68 valence electrons. The third-order valence-corrected chi connectivity index (χ3v) is 1.79. The Kier molecular flexibility index (Phi) is 3.62. The van der Waals surface area contributed by atoms with Gasteiger partial charge in [-0.1, -0.05) is 6.07 Å². The second-order valence-electron chi connectivity index (χ2n) is 2.19. The monoisotopic (exact) mass is 291 g/mol. The molecular formula is C7H6IN3O2. The number of amides is 2. The minimum atomic E-state index is -0.344. The van der Waals surface area contributed by atoms with Crippen molar-refractivity contribution in [1.82, 2.24) is 3.53 Å². The van der Waals surface area contributed by atoms with E-state index in [1.807, 2.05) is 0 Å². The fourth-order valence-electron chi connectivity index (χ4n) is 0.795. The van der Waals surface area contributed by atoms with Gasteiger partial charge in [-0.15, -0.1) is 4.91 Å². The number of benzene rings is 1. The summed E-state index contributed by atoms with van der Waals surface area (Å²) in [5, 5.41) is 5.25. The van der Waals surface area contributed by atoms with Crippen LogP contribution in [0, 0.1) is 4.91 Å². The number of urea groups is 1. The number of anilines is 1. The van der Waals surface area contributed by atoms with Crippen molar-refractivity contribution >= 4 is 40.3 Å². The Labute approximate surface area is 88.4 Å². The zero-order valence-electron chi connectivity index (χ0n) is 6.45. The minimum absolute atomic E-state index is 0.284. The van der Waals surface area contributed by atoms with E-state index in [1.54, 1.807) is 41.1 Å². The molecule has 1 rings (SSSR count). The highest BCUT2D eigenvalue weighted by atomic mass is 127. The average molecular weight is 291 g/mol. The summed E-state index contributed by atoms with van der Waals surface area (Å²) in [4.78, 5) is 21.0. The summed E-state index contributed by atoms with van der Waals surface area (Å²) in [5.41, 5.74) is 0.817. The fraction of sp³-hybridized carbons (Fsp3) is 0. The lowest BCUT2D eigenvalue weighted by atomic mass is 10.3. The van der Waals surface area contributed by atoms with E-state index >= 15 is 0 Å². The Morgan fingerprint density at radius 1 is 1.46 bits per heavy atom. The number of carbonyl (C=O) groups excluding carboxylic acids is 1. The number of halogens is 1. The average Bonchev–Trinajstić information content (AvgIpc) is 2.18. The first-order chi connectivity index (χ1) is 6.26. The zero-order chi connectivity index (χ0) is 9.68. The van der Waals surface area contributed by atoms with Gasteiger partial charge in [0.05, 0.1) is 22.9 Å². The lowest BCUT2D eigenvalue weighted by molar-refractivity contribution is 0.258. The van der Waals surface area contributed by atoms with Crippen LogP contribution < -0.4 is 8.85 Å². The van der Waals surface area contributed by atoms with E-state index in [4.69, 9.17) is 0 Å². The maximum absolute atomic E-state index is 10.8. The van der Waals surface area contributed by atoms with Crippen molar-refractivity contribution in [1.29, 1.82) is 0 Å². The summed E-state index contributed by atoms with van der Waals surface area (Å²) in [6, 6.07) is 6.00. The number of hydrogen-bond donors (Lipinski definition) is 2. The molecular weight excluding hydrogens is 285 g/mol. The summed E-state index contributed by atoms with van der Waals surface area (Å²) in [7, 11) is 0. The van der Waals surface area contributed by atoms with Crippen molar-refractivity contribution in [3.8, 4) is 0 Å². The van der Waals surface area contributed by atoms with Crippen molar-refractivity contribution in [2.45, 2.75) is 0 Å². The molecule has 0 heterocycles. The van der Waals surface area contributed by atoms with Gasteiger partial charge in [-0.05, 0) is 23.4 Å². The summed E-state index contributed by atoms with van der Waals surface area (Å²) in [5.74, 6) is 0. The van der Waals surface area contributed by atoms with Gasteiger partial charge in [-0.25, -0.2) is 4.79 Å². The molecule has 0 unspecified atom stereocenters. The highest BCUT2D eigenvalue weighted by Crippen LogP contribution is 2.17. The van der Waals surface area contributed by atoms with E-state index in [0.717, 1.165) is 0 Å². The van der Waals surface area contributed by atoms with Crippen LogP contribution in [0.3, 0.4) is 0 Å². The van der Waals surface area contributed by atoms with Gasteiger partial charge >= 0.3 is 6.03 Å². The topological polar surface area (TPSA) is 70.6 Å². The van der Waals surface area contributed by atoms with Crippen LogP contribution in [0.2, 0.25) is 0 Å². The molecule has 0 saturated heterocycles. The SMILES string of the molecule is O=Nc1cccc(NC(=O)NI)c1. The molecule has 0 saturated carbocycles. The van der Waals surface area contributed by atoms with Crippen molar-refractivity contribution in [3.05, 3.63) is 29.2 Å². The maximum Gasteiger partial charge on any atom is 0.327 e. The molecule has 0 atom stereocenters. The molecule has 5 nitrogen and oxygen atoms in total. The van der Waals surface area contributed by atoms with Crippen LogP contribution in [0.25, 0.3) is 0 Å². The van der Waals surface area contributed by atoms with Crippen LogP contribution in [0.5, 0.6) is 0 Å². The van der Waals surface area contributed by atoms with E-state index in [0.29, 0.717) is 5.69 Å². The van der Waals surface area contributed by atoms with Gasteiger partial charge in [0, 0.05) is 5.69 Å². The van der Waals surface area contributed by atoms with E-state index < -0.39 is 0 Å². The highest BCUT2D eigenvalue weighted by Gasteiger charge is 1.99. The smallest absolute Gasteiger partial charge is 0.307 e. The Morgan fingerprint density at radius 2 is 2.23 bits per heavy atom. The van der Waals surface area contributed by atoms with Crippen molar-refractivity contribution < 1.29 is 4.79 Å². The third kappa shape index (κ3) is 2.98. The second kappa shape index (κ2) is 4.75. The summed E-state index contributed by atoms with van der Waals surface area (Å²) < 4.78 is 2.36. The first-order valence-corrected chi connectivity index (χ1v) is 4.45. The number of nitrogens with zero attached hydrogens (tertiary/aromatic N) is 1. The molecule has 0 aliphatic rings. The van der Waals surface area contributed by atoms with Crippen LogP contribution >= 0.6 is 22.9 Å². The van der Waals surface area contributed by atoms with Gasteiger partial charge in [0.15, 0.2) is 0 Å². The van der Waals surface area contributed by atoms with E-state index in [-0.39, 0.29) is 11.7 Å². The van der Waals surface area contributed by atoms with Crippen LogP contribution in [0.1, 0.15) is 0 Å². The maximum atomic E-state index is 10.8. The van der Waals surface area contributed by atoms with Crippen LogP contribution in [-0.4, -0.2) is 6.03 Å². The third-order valence-electron chi connectivity index (χ3n) is 1.30. The molecule has 0 radical (unpaired) electrons. The van der Waals surface area contributed by atoms with Gasteiger partial charge in [0.25, 0.3) is 0 Å². The molecule has 13 heavy (non-hydrogen) atoms. The lowest BCUT2D eigenvalue weighted by Crippen LogP contribution is -2.19. The Bertz CT molecular complexity index is 329. The van der Waals surface area contributed by atoms with Crippen molar-refractivity contribution in [2.24, 2.45) is 5.18 Å². The molecule has 0 spiro atoms. The molecule has 1 aromatic carbocycles. The van der Waals surface area contributed by atoms with Crippen LogP contribution in [0.15, 0.2) is 29.4 Å². The number of rotatable bonds is 2. The molecule has 0 fully saturated rings. The molecule has 2 amide bonds. The number of nitrogens with one attached hydrogen (secondary N) is 2. The first kappa shape index (κ1) is 9.90. The van der Waals surface area contributed by atoms with Crippen molar-refractivity contribution in [2.75, 3.05) is 5.32 Å². The largest absolute Gasteiger partial charge is 0.327 e. The first-order valence-electron chi connectivity index (χ1n) is 3.37. The summed E-state index contributed by atoms with van der Waals surface area (Å²) in [6.07, 6.45) is 0. The summed E-state index contributed by atoms with van der Waals surface area (Å²) >= 11 is 1.71. The predicted octanol–water partition coefficient (Wildman–Crippen LogP) is 2.56. The Hall–Kier alpha value is -1.18. The highest BCUT2D eigenvalue weighted by molar-refractivity contribution is 14.1. The summed E-state index contributed by atoms with van der Waals surface area (Å²) in [6.45, 7) is 0. The van der Waals surface area contributed by atoms with E-state index in [9.17, 15) is 9.70 Å². The van der Waals surface area contributed by atoms with Crippen LogP contribution in [-0.2, 0) is 0 Å². The Morgan fingerprint density at radius 3 is 2.85 bits per heavy atom. The Balaban J connectivity index is 2.77. The van der Waals surface area contributed by atoms with E-state index in [1.165, 1.54) is 6.07 Å². The van der Waals surface area contributed by atoms with Gasteiger partial charge in [0.1, 0.15) is 5.69 Å². The molecule has 1 aromatic rings. The number of hydrogen-bond acceptors (Lipinski definition) is 3. The minimum Gasteiger partial charge on any atom is -0.307 e. The van der Waals surface area contributed by atoms with Gasteiger partial charge in [-0.3, -0.25) is 3.53 Å². The molecule has 0 aliphatic heterocycles. The fourth-order valence-corrected chi connectivity index (χ4v) is 0.930. The van der Waals surface area contributed by atoms with Crippen molar-refractivity contribution in [3.63, 3.8) is 0 Å². The molecule has 0 bridgehead atoms. The predicted molar refractivity (Wildman–Crippen MR) is 58.1 cm³/mol. The quantitative estimate of drug-likeness (QED) is 0.499. The lowest BCUT2D eigenvalue weighted by Gasteiger charge is -2.02. The normalized spacial score (nSPS) is 9.00. The van der Waals surface area contributed by atoms with Gasteiger partial charge in [-0.2, -0.15) is 0 Å². The number of nitroso groups, excluding NO2 is 1.